The Kier molecular flexibility index (Phi) is 4.99. The van der Waals surface area contributed by atoms with Gasteiger partial charge in [0, 0.05) is 22.3 Å². The third-order valence-corrected chi connectivity index (χ3v) is 4.27. The highest BCUT2D eigenvalue weighted by atomic mass is 35.5. The molecule has 27 heavy (non-hydrogen) atoms. The molecule has 0 spiro atoms. The molecule has 3 aromatic carbocycles. The lowest BCUT2D eigenvalue weighted by atomic mass is 10.1. The van der Waals surface area contributed by atoms with Crippen LogP contribution in [-0.4, -0.2) is 16.0 Å². The van der Waals surface area contributed by atoms with E-state index in [9.17, 15) is 0 Å². The Morgan fingerprint density at radius 3 is 2.37 bits per heavy atom. The summed E-state index contributed by atoms with van der Waals surface area (Å²) in [4.78, 5) is 0. The average Bonchev–Trinajstić information content (AvgIpc) is 3.14. The summed E-state index contributed by atoms with van der Waals surface area (Å²) >= 11 is 6.01. The Bertz CT molecular complexity index is 1060. The van der Waals surface area contributed by atoms with Crippen LogP contribution in [0.5, 0.6) is 0 Å². The summed E-state index contributed by atoms with van der Waals surface area (Å²) < 4.78 is 1.86. The highest BCUT2D eigenvalue weighted by Gasteiger charge is 2.10. The van der Waals surface area contributed by atoms with Gasteiger partial charge in [-0.05, 0) is 30.3 Å². The van der Waals surface area contributed by atoms with Crippen molar-refractivity contribution in [2.24, 2.45) is 5.10 Å². The van der Waals surface area contributed by atoms with Crippen LogP contribution in [0.25, 0.3) is 16.9 Å². The van der Waals surface area contributed by atoms with Crippen LogP contribution in [0.2, 0.25) is 5.02 Å². The minimum absolute atomic E-state index is 0.664. The quantitative estimate of drug-likeness (QED) is 0.364. The van der Waals surface area contributed by atoms with E-state index in [1.807, 2.05) is 95.8 Å². The molecule has 1 heterocycles. The summed E-state index contributed by atoms with van der Waals surface area (Å²) in [6.45, 7) is 0. The van der Waals surface area contributed by atoms with Crippen LogP contribution >= 0.6 is 11.6 Å². The third-order valence-electron chi connectivity index (χ3n) is 4.03. The van der Waals surface area contributed by atoms with Gasteiger partial charge in [0.05, 0.1) is 17.6 Å². The van der Waals surface area contributed by atoms with Gasteiger partial charge in [0.1, 0.15) is 5.69 Å². The molecule has 4 aromatic rings. The minimum atomic E-state index is 0.664. The molecule has 0 unspecified atom stereocenters. The Labute approximate surface area is 162 Å². The van der Waals surface area contributed by atoms with Crippen LogP contribution in [0, 0.1) is 0 Å². The maximum atomic E-state index is 6.01. The first-order valence-corrected chi connectivity index (χ1v) is 8.92. The second-order valence-electron chi connectivity index (χ2n) is 5.96. The van der Waals surface area contributed by atoms with Crippen LogP contribution in [0.1, 0.15) is 5.56 Å². The Morgan fingerprint density at radius 2 is 1.63 bits per heavy atom. The zero-order chi connectivity index (χ0) is 18.5. The third kappa shape index (κ3) is 4.07. The van der Waals surface area contributed by atoms with Crippen LogP contribution in [0.15, 0.2) is 96.2 Å². The first-order chi connectivity index (χ1) is 13.3. The normalized spacial score (nSPS) is 11.0. The lowest BCUT2D eigenvalue weighted by Crippen LogP contribution is -1.93. The summed E-state index contributed by atoms with van der Waals surface area (Å²) in [7, 11) is 0. The fraction of sp³-hybridized carbons (Fsp3) is 0. The standard InChI is InChI=1S/C22H17ClN4/c23-19-10-7-11-20(14-19)25-24-15-18-16-27(21-12-5-2-6-13-21)26-22(18)17-8-3-1-4-9-17/h1-16,25H. The van der Waals surface area contributed by atoms with Gasteiger partial charge in [-0.15, -0.1) is 0 Å². The van der Waals surface area contributed by atoms with Crippen molar-refractivity contribution in [3.63, 3.8) is 0 Å². The fourth-order valence-corrected chi connectivity index (χ4v) is 2.94. The van der Waals surface area contributed by atoms with E-state index in [2.05, 4.69) is 10.5 Å². The van der Waals surface area contributed by atoms with Crippen LogP contribution < -0.4 is 5.43 Å². The summed E-state index contributed by atoms with van der Waals surface area (Å²) in [5, 5.41) is 9.79. The lowest BCUT2D eigenvalue weighted by Gasteiger charge is -2.00. The van der Waals surface area contributed by atoms with Gasteiger partial charge in [0.2, 0.25) is 0 Å². The number of halogens is 1. The van der Waals surface area contributed by atoms with Gasteiger partial charge in [-0.2, -0.15) is 10.2 Å². The number of nitrogens with one attached hydrogen (secondary N) is 1. The zero-order valence-corrected chi connectivity index (χ0v) is 15.2. The van der Waals surface area contributed by atoms with Crippen molar-refractivity contribution in [3.05, 3.63) is 102 Å². The van der Waals surface area contributed by atoms with Crippen molar-refractivity contribution >= 4 is 23.5 Å². The summed E-state index contributed by atoms with van der Waals surface area (Å²) in [5.74, 6) is 0. The van der Waals surface area contributed by atoms with Crippen LogP contribution in [0.4, 0.5) is 5.69 Å². The molecule has 0 saturated carbocycles. The van der Waals surface area contributed by atoms with Crippen LogP contribution in [-0.2, 0) is 0 Å². The number of hydrazone groups is 1. The smallest absolute Gasteiger partial charge is 0.102 e. The van der Waals surface area contributed by atoms with E-state index in [1.54, 1.807) is 6.21 Å². The second kappa shape index (κ2) is 7.89. The van der Waals surface area contributed by atoms with Gasteiger partial charge in [0.15, 0.2) is 0 Å². The van der Waals surface area contributed by atoms with E-state index < -0.39 is 0 Å². The number of benzene rings is 3. The lowest BCUT2D eigenvalue weighted by molar-refractivity contribution is 0.884. The molecule has 1 aromatic heterocycles. The van der Waals surface area contributed by atoms with E-state index >= 15 is 0 Å². The maximum Gasteiger partial charge on any atom is 0.102 e. The van der Waals surface area contributed by atoms with Crippen molar-refractivity contribution in [1.82, 2.24) is 9.78 Å². The molecule has 0 saturated heterocycles. The van der Waals surface area contributed by atoms with Crippen molar-refractivity contribution in [3.8, 4) is 16.9 Å². The first kappa shape index (κ1) is 17.1. The predicted molar refractivity (Wildman–Crippen MR) is 112 cm³/mol. The molecule has 0 aliphatic carbocycles. The molecule has 0 amide bonds. The van der Waals surface area contributed by atoms with Crippen molar-refractivity contribution in [2.45, 2.75) is 0 Å². The fourth-order valence-electron chi connectivity index (χ4n) is 2.75. The van der Waals surface area contributed by atoms with Crippen molar-refractivity contribution in [1.29, 1.82) is 0 Å². The van der Waals surface area contributed by atoms with Gasteiger partial charge >= 0.3 is 0 Å². The topological polar surface area (TPSA) is 42.2 Å². The van der Waals surface area contributed by atoms with E-state index in [1.165, 1.54) is 0 Å². The maximum absolute atomic E-state index is 6.01. The van der Waals surface area contributed by atoms with Crippen molar-refractivity contribution in [2.75, 3.05) is 5.43 Å². The molecule has 0 fully saturated rings. The molecule has 0 aliphatic heterocycles. The summed E-state index contributed by atoms with van der Waals surface area (Å²) in [5.41, 5.74) is 7.66. The number of rotatable bonds is 5. The number of nitrogens with zero attached hydrogens (tertiary/aromatic N) is 3. The second-order valence-corrected chi connectivity index (χ2v) is 6.40. The molecule has 0 atom stereocenters. The summed E-state index contributed by atoms with van der Waals surface area (Å²) in [6.07, 6.45) is 3.75. The van der Waals surface area contributed by atoms with E-state index in [4.69, 9.17) is 16.7 Å². The number of para-hydroxylation sites is 1. The Hall–Kier alpha value is -3.37. The number of hydrogen-bond donors (Lipinski definition) is 1. The molecule has 4 nitrogen and oxygen atoms in total. The Balaban J connectivity index is 1.68. The zero-order valence-electron chi connectivity index (χ0n) is 14.5. The van der Waals surface area contributed by atoms with E-state index in [0.29, 0.717) is 5.02 Å². The molecule has 4 rings (SSSR count). The first-order valence-electron chi connectivity index (χ1n) is 8.55. The van der Waals surface area contributed by atoms with E-state index in [-0.39, 0.29) is 0 Å². The van der Waals surface area contributed by atoms with E-state index in [0.717, 1.165) is 28.2 Å². The average molecular weight is 373 g/mol. The monoisotopic (exact) mass is 372 g/mol. The van der Waals surface area contributed by atoms with Crippen molar-refractivity contribution < 1.29 is 0 Å². The molecule has 0 bridgehead atoms. The van der Waals surface area contributed by atoms with Gasteiger partial charge in [-0.25, -0.2) is 4.68 Å². The molecule has 0 radical (unpaired) electrons. The van der Waals surface area contributed by atoms with Gasteiger partial charge < -0.3 is 0 Å². The SMILES string of the molecule is Clc1cccc(NN=Cc2cn(-c3ccccc3)nc2-c2ccccc2)c1. The molecular formula is C22H17ClN4. The largest absolute Gasteiger partial charge is 0.278 e. The number of anilines is 1. The molecular weight excluding hydrogens is 356 g/mol. The Morgan fingerprint density at radius 1 is 0.889 bits per heavy atom. The van der Waals surface area contributed by atoms with Gasteiger partial charge in [0.25, 0.3) is 0 Å². The van der Waals surface area contributed by atoms with Crippen LogP contribution in [0.3, 0.4) is 0 Å². The van der Waals surface area contributed by atoms with Gasteiger partial charge in [-0.3, -0.25) is 5.43 Å². The number of aromatic nitrogens is 2. The predicted octanol–water partition coefficient (Wildman–Crippen LogP) is 5.64. The summed E-state index contributed by atoms with van der Waals surface area (Å²) in [6, 6.07) is 27.5. The number of hydrogen-bond acceptors (Lipinski definition) is 3. The minimum Gasteiger partial charge on any atom is -0.278 e. The highest BCUT2D eigenvalue weighted by Crippen LogP contribution is 2.22. The highest BCUT2D eigenvalue weighted by molar-refractivity contribution is 6.30. The van der Waals surface area contributed by atoms with Gasteiger partial charge in [-0.1, -0.05) is 66.2 Å². The molecule has 5 heteroatoms. The molecule has 1 N–H and O–H groups in total. The molecule has 132 valence electrons. The molecule has 0 aliphatic rings.